The van der Waals surface area contributed by atoms with Gasteiger partial charge >= 0.3 is 0 Å². The van der Waals surface area contributed by atoms with E-state index in [-0.39, 0.29) is 10.7 Å². The third-order valence-corrected chi connectivity index (χ3v) is 5.15. The number of hydrogen-bond acceptors (Lipinski definition) is 2. The van der Waals surface area contributed by atoms with Crippen molar-refractivity contribution in [3.8, 4) is 0 Å². The van der Waals surface area contributed by atoms with Gasteiger partial charge in [0.25, 0.3) is 0 Å². The van der Waals surface area contributed by atoms with Gasteiger partial charge in [0, 0.05) is 0 Å². The highest BCUT2D eigenvalue weighted by Crippen LogP contribution is 2.46. The van der Waals surface area contributed by atoms with Crippen molar-refractivity contribution in [3.05, 3.63) is 65.7 Å². The van der Waals surface area contributed by atoms with Gasteiger partial charge in [0.15, 0.2) is 0 Å². The molecule has 2 aromatic carbocycles. The van der Waals surface area contributed by atoms with Crippen molar-refractivity contribution in [2.75, 3.05) is 0 Å². The summed E-state index contributed by atoms with van der Waals surface area (Å²) in [4.78, 5) is 0.0114. The Morgan fingerprint density at radius 3 is 1.81 bits per heavy atom. The van der Waals surface area contributed by atoms with E-state index in [4.69, 9.17) is 0 Å². The molecule has 0 atom stereocenters. The molecule has 0 bridgehead atoms. The second-order valence-corrected chi connectivity index (χ2v) is 6.83. The molecule has 1 aliphatic carbocycles. The molecule has 1 fully saturated rings. The summed E-state index contributed by atoms with van der Waals surface area (Å²) >= 11 is 0. The summed E-state index contributed by atoms with van der Waals surface area (Å²) < 4.78 is 53.1. The Labute approximate surface area is 121 Å². The first-order chi connectivity index (χ1) is 9.91. The van der Waals surface area contributed by atoms with Crippen molar-refractivity contribution in [1.82, 2.24) is 4.72 Å². The molecule has 0 saturated heterocycles. The zero-order valence-electron chi connectivity index (χ0n) is 11.0. The first kappa shape index (κ1) is 14.2. The highest BCUT2D eigenvalue weighted by Gasteiger charge is 2.47. The van der Waals surface area contributed by atoms with Crippen LogP contribution in [0, 0.1) is 11.6 Å². The molecule has 0 heterocycles. The summed E-state index contributed by atoms with van der Waals surface area (Å²) in [6, 6.07) is 10.4. The highest BCUT2D eigenvalue weighted by molar-refractivity contribution is 7.89. The molecule has 0 aliphatic heterocycles. The van der Waals surface area contributed by atoms with Gasteiger partial charge in [-0.25, -0.2) is 21.9 Å². The molecule has 3 nitrogen and oxygen atoms in total. The Balaban J connectivity index is 1.88. The largest absolute Gasteiger partial charge is 0.241 e. The van der Waals surface area contributed by atoms with E-state index in [1.54, 1.807) is 12.1 Å². The predicted molar refractivity (Wildman–Crippen MR) is 74.0 cm³/mol. The molecule has 0 unspecified atom stereocenters. The lowest BCUT2D eigenvalue weighted by Gasteiger charge is -2.18. The monoisotopic (exact) mass is 309 g/mol. The number of halogens is 2. The standard InChI is InChI=1S/C15H13F2NO2S/c16-12-3-1-11(2-4-12)15(9-10-15)18-21(19,20)14-7-5-13(17)6-8-14/h1-8,18H,9-10H2. The van der Waals surface area contributed by atoms with Crippen molar-refractivity contribution >= 4 is 10.0 Å². The third kappa shape index (κ3) is 2.82. The van der Waals surface area contributed by atoms with Crippen LogP contribution in [0.25, 0.3) is 0 Å². The van der Waals surface area contributed by atoms with Crippen LogP contribution in [0.3, 0.4) is 0 Å². The van der Waals surface area contributed by atoms with Crippen LogP contribution in [-0.2, 0) is 15.6 Å². The van der Waals surface area contributed by atoms with E-state index in [9.17, 15) is 17.2 Å². The molecule has 0 amide bonds. The van der Waals surface area contributed by atoms with E-state index in [0.29, 0.717) is 12.8 Å². The first-order valence-electron chi connectivity index (χ1n) is 6.47. The molecular weight excluding hydrogens is 296 g/mol. The smallest absolute Gasteiger partial charge is 0.207 e. The minimum atomic E-state index is -3.74. The minimum absolute atomic E-state index is 0.0114. The maximum atomic E-state index is 13.0. The lowest BCUT2D eigenvalue weighted by Crippen LogP contribution is -2.34. The summed E-state index contributed by atoms with van der Waals surface area (Å²) in [7, 11) is -3.74. The Kier molecular flexibility index (Phi) is 3.30. The third-order valence-electron chi connectivity index (χ3n) is 3.60. The zero-order chi connectivity index (χ0) is 15.1. The van der Waals surface area contributed by atoms with Crippen molar-refractivity contribution < 1.29 is 17.2 Å². The number of benzene rings is 2. The summed E-state index contributed by atoms with van der Waals surface area (Å²) in [5.41, 5.74) is 0.0515. The fourth-order valence-corrected chi connectivity index (χ4v) is 3.72. The van der Waals surface area contributed by atoms with E-state index in [2.05, 4.69) is 4.72 Å². The molecular formula is C15H13F2NO2S. The molecule has 21 heavy (non-hydrogen) atoms. The Bertz CT molecular complexity index is 751. The topological polar surface area (TPSA) is 46.2 Å². The fourth-order valence-electron chi connectivity index (χ4n) is 2.27. The number of rotatable bonds is 4. The molecule has 1 N–H and O–H groups in total. The van der Waals surface area contributed by atoms with Gasteiger partial charge in [-0.1, -0.05) is 12.1 Å². The fraction of sp³-hybridized carbons (Fsp3) is 0.200. The maximum absolute atomic E-state index is 13.0. The van der Waals surface area contributed by atoms with E-state index < -0.39 is 21.4 Å². The van der Waals surface area contributed by atoms with Gasteiger partial charge < -0.3 is 0 Å². The second-order valence-electron chi connectivity index (χ2n) is 5.15. The van der Waals surface area contributed by atoms with Gasteiger partial charge in [0.05, 0.1) is 10.4 Å². The molecule has 1 aliphatic rings. The minimum Gasteiger partial charge on any atom is -0.207 e. The summed E-state index contributed by atoms with van der Waals surface area (Å²) in [5, 5.41) is 0. The molecule has 0 aromatic heterocycles. The van der Waals surface area contributed by atoms with Crippen LogP contribution in [0.2, 0.25) is 0 Å². The number of hydrogen-bond donors (Lipinski definition) is 1. The van der Waals surface area contributed by atoms with Crippen molar-refractivity contribution in [2.24, 2.45) is 0 Å². The van der Waals surface area contributed by atoms with Crippen LogP contribution in [0.1, 0.15) is 18.4 Å². The van der Waals surface area contributed by atoms with Crippen LogP contribution in [0.5, 0.6) is 0 Å². The molecule has 6 heteroatoms. The maximum Gasteiger partial charge on any atom is 0.241 e. The SMILES string of the molecule is O=S(=O)(NC1(c2ccc(F)cc2)CC1)c1ccc(F)cc1. The van der Waals surface area contributed by atoms with E-state index in [0.717, 1.165) is 17.7 Å². The van der Waals surface area contributed by atoms with Gasteiger partial charge in [-0.05, 0) is 54.8 Å². The summed E-state index contributed by atoms with van der Waals surface area (Å²) in [6.07, 6.45) is 1.30. The van der Waals surface area contributed by atoms with Crippen molar-refractivity contribution in [2.45, 2.75) is 23.3 Å². The lowest BCUT2D eigenvalue weighted by atomic mass is 10.1. The van der Waals surface area contributed by atoms with Gasteiger partial charge in [0.2, 0.25) is 10.0 Å². The Morgan fingerprint density at radius 1 is 0.857 bits per heavy atom. The molecule has 3 rings (SSSR count). The van der Waals surface area contributed by atoms with Crippen LogP contribution in [0.4, 0.5) is 8.78 Å². The van der Waals surface area contributed by atoms with Crippen molar-refractivity contribution in [3.63, 3.8) is 0 Å². The van der Waals surface area contributed by atoms with E-state index in [1.165, 1.54) is 24.3 Å². The average molecular weight is 309 g/mol. The molecule has 0 radical (unpaired) electrons. The van der Waals surface area contributed by atoms with E-state index >= 15 is 0 Å². The Morgan fingerprint density at radius 2 is 1.33 bits per heavy atom. The van der Waals surface area contributed by atoms with E-state index in [1.807, 2.05) is 0 Å². The molecule has 1 saturated carbocycles. The van der Waals surface area contributed by atoms with Gasteiger partial charge in [0.1, 0.15) is 11.6 Å². The van der Waals surface area contributed by atoms with Crippen LogP contribution in [-0.4, -0.2) is 8.42 Å². The lowest BCUT2D eigenvalue weighted by molar-refractivity contribution is 0.550. The Hall–Kier alpha value is -1.79. The van der Waals surface area contributed by atoms with Crippen LogP contribution < -0.4 is 4.72 Å². The van der Waals surface area contributed by atoms with Gasteiger partial charge in [-0.15, -0.1) is 0 Å². The first-order valence-corrected chi connectivity index (χ1v) is 7.95. The van der Waals surface area contributed by atoms with Crippen LogP contribution in [0.15, 0.2) is 53.4 Å². The van der Waals surface area contributed by atoms with Crippen molar-refractivity contribution in [1.29, 1.82) is 0 Å². The number of sulfonamides is 1. The average Bonchev–Trinajstić information content (AvgIpc) is 3.20. The molecule has 2 aromatic rings. The van der Waals surface area contributed by atoms with Crippen LogP contribution >= 0.6 is 0 Å². The zero-order valence-corrected chi connectivity index (χ0v) is 11.8. The van der Waals surface area contributed by atoms with Gasteiger partial charge in [-0.2, -0.15) is 0 Å². The number of nitrogens with one attached hydrogen (secondary N) is 1. The second kappa shape index (κ2) is 4.89. The molecule has 110 valence electrons. The quantitative estimate of drug-likeness (QED) is 0.944. The predicted octanol–water partition coefficient (Wildman–Crippen LogP) is 2.93. The van der Waals surface area contributed by atoms with Gasteiger partial charge in [-0.3, -0.25) is 0 Å². The molecule has 0 spiro atoms. The summed E-state index contributed by atoms with van der Waals surface area (Å²) in [5.74, 6) is -0.857. The normalized spacial score (nSPS) is 16.7. The highest BCUT2D eigenvalue weighted by atomic mass is 32.2. The summed E-state index contributed by atoms with van der Waals surface area (Å²) in [6.45, 7) is 0.